The Balaban J connectivity index is 1.55. The topological polar surface area (TPSA) is 104 Å². The van der Waals surface area contributed by atoms with Crippen molar-refractivity contribution in [2.24, 2.45) is 0 Å². The lowest BCUT2D eigenvalue weighted by atomic mass is 10.1. The van der Waals surface area contributed by atoms with Crippen LogP contribution < -0.4 is 15.4 Å². The van der Waals surface area contributed by atoms with E-state index in [0.717, 1.165) is 11.1 Å². The number of benzene rings is 4. The Morgan fingerprint density at radius 1 is 0.763 bits per heavy atom. The van der Waals surface area contributed by atoms with E-state index in [1.165, 1.54) is 6.07 Å². The summed E-state index contributed by atoms with van der Waals surface area (Å²) in [4.78, 5) is 26.2. The van der Waals surface area contributed by atoms with E-state index in [1.54, 1.807) is 61.5 Å². The summed E-state index contributed by atoms with van der Waals surface area (Å²) in [6, 6.07) is 27.5. The lowest BCUT2D eigenvalue weighted by Gasteiger charge is -2.17. The molecule has 0 unspecified atom stereocenters. The molecule has 0 aliphatic heterocycles. The molecule has 0 heterocycles. The third-order valence-corrected chi connectivity index (χ3v) is 7.60. The maximum Gasteiger partial charge on any atom is 0.262 e. The molecule has 194 valence electrons. The van der Waals surface area contributed by atoms with Gasteiger partial charge in [0.15, 0.2) is 0 Å². The first kappa shape index (κ1) is 26.6. The third kappa shape index (κ3) is 6.27. The highest BCUT2D eigenvalue weighted by Crippen LogP contribution is 2.23. The zero-order valence-electron chi connectivity index (χ0n) is 21.4. The van der Waals surface area contributed by atoms with Gasteiger partial charge in [-0.1, -0.05) is 60.7 Å². The number of amides is 2. The normalized spacial score (nSPS) is 11.9. The molecule has 0 spiro atoms. The van der Waals surface area contributed by atoms with Crippen molar-refractivity contribution < 1.29 is 18.0 Å². The highest BCUT2D eigenvalue weighted by atomic mass is 32.2. The van der Waals surface area contributed by atoms with E-state index in [9.17, 15) is 18.0 Å². The Hall–Kier alpha value is -4.43. The minimum absolute atomic E-state index is 0.00521. The summed E-state index contributed by atoms with van der Waals surface area (Å²) >= 11 is 0. The third-order valence-electron chi connectivity index (χ3n) is 6.08. The van der Waals surface area contributed by atoms with Crippen LogP contribution in [0.15, 0.2) is 102 Å². The van der Waals surface area contributed by atoms with Gasteiger partial charge in [0.1, 0.15) is 0 Å². The van der Waals surface area contributed by atoms with E-state index < -0.39 is 15.9 Å². The van der Waals surface area contributed by atoms with Gasteiger partial charge in [-0.05, 0) is 73.9 Å². The van der Waals surface area contributed by atoms with E-state index in [-0.39, 0.29) is 22.4 Å². The molecule has 7 nitrogen and oxygen atoms in total. The summed E-state index contributed by atoms with van der Waals surface area (Å²) in [6.07, 6.45) is 0. The van der Waals surface area contributed by atoms with Gasteiger partial charge in [0.2, 0.25) is 0 Å². The van der Waals surface area contributed by atoms with E-state index in [4.69, 9.17) is 0 Å². The van der Waals surface area contributed by atoms with Crippen molar-refractivity contribution in [1.82, 2.24) is 5.32 Å². The van der Waals surface area contributed by atoms with Crippen molar-refractivity contribution in [2.45, 2.75) is 31.7 Å². The van der Waals surface area contributed by atoms with Crippen molar-refractivity contribution in [2.75, 3.05) is 10.0 Å². The highest BCUT2D eigenvalue weighted by Gasteiger charge is 2.21. The predicted molar refractivity (Wildman–Crippen MR) is 150 cm³/mol. The second kappa shape index (κ2) is 11.3. The molecule has 38 heavy (non-hydrogen) atoms. The van der Waals surface area contributed by atoms with Crippen LogP contribution in [-0.4, -0.2) is 20.2 Å². The number of para-hydroxylation sites is 1. The Morgan fingerprint density at radius 3 is 2.21 bits per heavy atom. The molecule has 1 atom stereocenters. The lowest BCUT2D eigenvalue weighted by Crippen LogP contribution is -2.28. The average molecular weight is 528 g/mol. The van der Waals surface area contributed by atoms with E-state index in [2.05, 4.69) is 15.4 Å². The quantitative estimate of drug-likeness (QED) is 0.267. The van der Waals surface area contributed by atoms with Crippen LogP contribution in [0.1, 0.15) is 50.4 Å². The number of sulfonamides is 1. The van der Waals surface area contributed by atoms with Crippen LogP contribution in [0, 0.1) is 13.8 Å². The SMILES string of the molecule is Cc1cccc(NS(=O)(=O)c2cc(C(=O)Nc3ccccc3C(=O)N[C@@H](C)c3ccccc3)ccc2C)c1. The van der Waals surface area contributed by atoms with Crippen LogP contribution in [0.3, 0.4) is 0 Å². The van der Waals surface area contributed by atoms with E-state index >= 15 is 0 Å². The number of hydrogen-bond donors (Lipinski definition) is 3. The predicted octanol–water partition coefficient (Wildman–Crippen LogP) is 5.85. The molecule has 3 N–H and O–H groups in total. The monoisotopic (exact) mass is 527 g/mol. The molecule has 4 aromatic carbocycles. The van der Waals surface area contributed by atoms with Crippen molar-refractivity contribution in [3.8, 4) is 0 Å². The summed E-state index contributed by atoms with van der Waals surface area (Å²) in [7, 11) is -3.95. The number of rotatable bonds is 8. The first-order valence-electron chi connectivity index (χ1n) is 12.1. The van der Waals surface area contributed by atoms with Gasteiger partial charge < -0.3 is 10.6 Å². The molecule has 4 rings (SSSR count). The van der Waals surface area contributed by atoms with Crippen molar-refractivity contribution in [3.63, 3.8) is 0 Å². The second-order valence-corrected chi connectivity index (χ2v) is 10.7. The Kier molecular flexibility index (Phi) is 7.93. The lowest BCUT2D eigenvalue weighted by molar-refractivity contribution is 0.0940. The molecule has 2 amide bonds. The Labute approximate surface area is 223 Å². The van der Waals surface area contributed by atoms with Gasteiger partial charge in [-0.15, -0.1) is 0 Å². The van der Waals surface area contributed by atoms with E-state index in [1.807, 2.05) is 50.2 Å². The first-order chi connectivity index (χ1) is 18.1. The number of aryl methyl sites for hydroxylation is 2. The molecule has 0 aromatic heterocycles. The van der Waals surface area contributed by atoms with Crippen LogP contribution in [0.25, 0.3) is 0 Å². The smallest absolute Gasteiger partial charge is 0.262 e. The standard InChI is InChI=1S/C30H29N3O4S/c1-20-10-9-13-25(18-20)33-38(36,37)28-19-24(17-16-21(28)2)29(34)32-27-15-8-7-14-26(27)30(35)31-22(3)23-11-5-4-6-12-23/h4-19,22,33H,1-3H3,(H,31,35)(H,32,34)/t22-/m0/s1. The minimum atomic E-state index is -3.95. The zero-order chi connectivity index (χ0) is 27.3. The zero-order valence-corrected chi connectivity index (χ0v) is 22.2. The van der Waals surface area contributed by atoms with Gasteiger partial charge in [0.05, 0.1) is 22.2 Å². The van der Waals surface area contributed by atoms with Crippen molar-refractivity contribution in [1.29, 1.82) is 0 Å². The van der Waals surface area contributed by atoms with Crippen molar-refractivity contribution in [3.05, 3.63) is 125 Å². The summed E-state index contributed by atoms with van der Waals surface area (Å²) in [5, 5.41) is 5.71. The number of nitrogens with one attached hydrogen (secondary N) is 3. The molecule has 0 radical (unpaired) electrons. The molecule has 0 fully saturated rings. The summed E-state index contributed by atoms with van der Waals surface area (Å²) < 4.78 is 28.8. The molecule has 0 aliphatic carbocycles. The number of hydrogen-bond acceptors (Lipinski definition) is 4. The van der Waals surface area contributed by atoms with Gasteiger partial charge in [-0.2, -0.15) is 0 Å². The maximum absolute atomic E-state index is 13.2. The van der Waals surface area contributed by atoms with Crippen LogP contribution in [-0.2, 0) is 10.0 Å². The number of carbonyl (C=O) groups excluding carboxylic acids is 2. The summed E-state index contributed by atoms with van der Waals surface area (Å²) in [5.41, 5.74) is 3.56. The molecule has 4 aromatic rings. The molecule has 0 saturated carbocycles. The van der Waals surface area contributed by atoms with Gasteiger partial charge in [0, 0.05) is 11.3 Å². The fourth-order valence-electron chi connectivity index (χ4n) is 4.03. The van der Waals surface area contributed by atoms with Gasteiger partial charge in [-0.25, -0.2) is 8.42 Å². The van der Waals surface area contributed by atoms with E-state index in [0.29, 0.717) is 22.5 Å². The van der Waals surface area contributed by atoms with Gasteiger partial charge in [0.25, 0.3) is 21.8 Å². The van der Waals surface area contributed by atoms with Crippen LogP contribution >= 0.6 is 0 Å². The summed E-state index contributed by atoms with van der Waals surface area (Å²) in [5.74, 6) is -0.875. The fourth-order valence-corrected chi connectivity index (χ4v) is 5.35. The maximum atomic E-state index is 13.2. The number of anilines is 2. The van der Waals surface area contributed by atoms with Gasteiger partial charge >= 0.3 is 0 Å². The minimum Gasteiger partial charge on any atom is -0.345 e. The Bertz CT molecular complexity index is 1580. The van der Waals surface area contributed by atoms with Crippen LogP contribution in [0.4, 0.5) is 11.4 Å². The Morgan fingerprint density at radius 2 is 1.47 bits per heavy atom. The molecule has 0 aliphatic rings. The van der Waals surface area contributed by atoms with Crippen LogP contribution in [0.5, 0.6) is 0 Å². The largest absolute Gasteiger partial charge is 0.345 e. The van der Waals surface area contributed by atoms with Crippen LogP contribution in [0.2, 0.25) is 0 Å². The summed E-state index contributed by atoms with van der Waals surface area (Å²) in [6.45, 7) is 5.42. The highest BCUT2D eigenvalue weighted by molar-refractivity contribution is 7.92. The van der Waals surface area contributed by atoms with Gasteiger partial charge in [-0.3, -0.25) is 14.3 Å². The molecular formula is C30H29N3O4S. The average Bonchev–Trinajstić information content (AvgIpc) is 2.89. The molecule has 8 heteroatoms. The van der Waals surface area contributed by atoms with Crippen molar-refractivity contribution >= 4 is 33.2 Å². The second-order valence-electron chi connectivity index (χ2n) is 9.06. The fraction of sp³-hybridized carbons (Fsp3) is 0.133. The molecule has 0 bridgehead atoms. The number of carbonyl (C=O) groups is 2. The molecular weight excluding hydrogens is 498 g/mol. The molecule has 0 saturated heterocycles. The first-order valence-corrected chi connectivity index (χ1v) is 13.6.